The van der Waals surface area contributed by atoms with Gasteiger partial charge in [-0.1, -0.05) is 113 Å². The average molecular weight is 586 g/mol. The molecule has 0 atom stereocenters. The Bertz CT molecular complexity index is 1150. The number of carbonyl (C=O) groups is 1. The van der Waals surface area contributed by atoms with Gasteiger partial charge in [0.15, 0.2) is 19.3 Å². The Balaban J connectivity index is 1.27. The van der Waals surface area contributed by atoms with Gasteiger partial charge in [-0.05, 0) is 37.6 Å². The van der Waals surface area contributed by atoms with E-state index in [1.807, 2.05) is 30.3 Å². The Morgan fingerprint density at radius 1 is 0.900 bits per heavy atom. The summed E-state index contributed by atoms with van der Waals surface area (Å²) in [4.78, 5) is 13.7. The van der Waals surface area contributed by atoms with Gasteiger partial charge in [0.2, 0.25) is 5.51 Å². The maximum absolute atomic E-state index is 12.5. The minimum Gasteiger partial charge on any atom is -0.494 e. The van der Waals surface area contributed by atoms with Crippen molar-refractivity contribution in [2.75, 3.05) is 18.5 Å². The number of benzene rings is 2. The fourth-order valence-electron chi connectivity index (χ4n) is 4.65. The molecule has 0 saturated heterocycles. The van der Waals surface area contributed by atoms with Crippen molar-refractivity contribution in [3.63, 3.8) is 0 Å². The highest BCUT2D eigenvalue weighted by molar-refractivity contribution is 7.09. The van der Waals surface area contributed by atoms with Gasteiger partial charge in [0.25, 0.3) is 5.91 Å². The SMILES string of the molecule is CCCCCCCCCCCCCCOc1ccc(OCC(=O)Nc2cccc(C[n+]3csc(C)c3)c2)c(Cl)c1. The number of halogens is 1. The lowest BCUT2D eigenvalue weighted by Gasteiger charge is -2.11. The highest BCUT2D eigenvalue weighted by Gasteiger charge is 2.10. The summed E-state index contributed by atoms with van der Waals surface area (Å²) >= 11 is 8.11. The van der Waals surface area contributed by atoms with Crippen LogP contribution < -0.4 is 19.4 Å². The van der Waals surface area contributed by atoms with Crippen LogP contribution >= 0.6 is 22.9 Å². The largest absolute Gasteiger partial charge is 0.494 e. The molecule has 0 aliphatic rings. The summed E-state index contributed by atoms with van der Waals surface area (Å²) in [5.74, 6) is 0.951. The molecule has 5 nitrogen and oxygen atoms in total. The fraction of sp³-hybridized carbons (Fsp3) is 0.515. The quantitative estimate of drug-likeness (QED) is 0.106. The van der Waals surface area contributed by atoms with E-state index < -0.39 is 0 Å². The molecular weight excluding hydrogens is 540 g/mol. The van der Waals surface area contributed by atoms with Crippen molar-refractivity contribution in [3.05, 3.63) is 69.6 Å². The Kier molecular flexibility index (Phi) is 15.0. The van der Waals surface area contributed by atoms with Gasteiger partial charge in [0.1, 0.15) is 11.5 Å². The van der Waals surface area contributed by atoms with Gasteiger partial charge in [-0.3, -0.25) is 4.79 Å². The third kappa shape index (κ3) is 12.7. The standard InChI is InChI=1S/C33H45ClN2O3S/c1-3-4-5-6-7-8-9-10-11-12-13-14-20-38-30-18-19-32(31(34)22-30)39-25-33(37)35-29-17-15-16-28(21-29)24-36-23-27(2)40-26-36/h15-19,21-23,26H,3-14,20,24-25H2,1-2H3/p+1. The van der Waals surface area contributed by atoms with E-state index in [0.717, 1.165) is 30.0 Å². The zero-order valence-corrected chi connectivity index (χ0v) is 25.8. The zero-order valence-electron chi connectivity index (χ0n) is 24.3. The Morgan fingerprint density at radius 3 is 2.25 bits per heavy atom. The summed E-state index contributed by atoms with van der Waals surface area (Å²) < 4.78 is 13.7. The lowest BCUT2D eigenvalue weighted by atomic mass is 10.1. The van der Waals surface area contributed by atoms with Crippen LogP contribution in [0.4, 0.5) is 5.69 Å². The number of rotatable bonds is 20. The highest BCUT2D eigenvalue weighted by atomic mass is 35.5. The molecule has 3 rings (SSSR count). The van der Waals surface area contributed by atoms with E-state index in [0.29, 0.717) is 17.4 Å². The number of ether oxygens (including phenoxy) is 2. The molecule has 7 heteroatoms. The number of unbranched alkanes of at least 4 members (excludes halogenated alkanes) is 11. The zero-order chi connectivity index (χ0) is 28.4. The molecule has 0 aliphatic carbocycles. The van der Waals surface area contributed by atoms with Gasteiger partial charge in [0, 0.05) is 17.3 Å². The van der Waals surface area contributed by atoms with Crippen LogP contribution in [0.15, 0.2) is 54.2 Å². The van der Waals surface area contributed by atoms with E-state index in [9.17, 15) is 4.79 Å². The van der Waals surface area contributed by atoms with Crippen LogP contribution in [0.2, 0.25) is 5.02 Å². The van der Waals surface area contributed by atoms with Crippen LogP contribution in [-0.4, -0.2) is 19.1 Å². The molecule has 0 unspecified atom stereocenters. The van der Waals surface area contributed by atoms with Crippen LogP contribution in [0.3, 0.4) is 0 Å². The number of hydrogen-bond acceptors (Lipinski definition) is 4. The summed E-state index contributed by atoms with van der Waals surface area (Å²) in [6.07, 6.45) is 18.0. The monoisotopic (exact) mass is 585 g/mol. The normalized spacial score (nSPS) is 11.0. The van der Waals surface area contributed by atoms with Crippen molar-refractivity contribution >= 4 is 34.5 Å². The van der Waals surface area contributed by atoms with Gasteiger partial charge < -0.3 is 14.8 Å². The maximum atomic E-state index is 12.5. The highest BCUT2D eigenvalue weighted by Crippen LogP contribution is 2.29. The average Bonchev–Trinajstić information content (AvgIpc) is 3.35. The Labute approximate surface area is 249 Å². The molecule has 1 aromatic heterocycles. The van der Waals surface area contributed by atoms with Crippen molar-refractivity contribution in [2.45, 2.75) is 97.4 Å². The van der Waals surface area contributed by atoms with Crippen LogP contribution in [0.5, 0.6) is 11.5 Å². The van der Waals surface area contributed by atoms with Crippen molar-refractivity contribution in [1.29, 1.82) is 0 Å². The van der Waals surface area contributed by atoms with Crippen molar-refractivity contribution in [2.24, 2.45) is 0 Å². The topological polar surface area (TPSA) is 51.4 Å². The van der Waals surface area contributed by atoms with Gasteiger partial charge in [-0.15, -0.1) is 0 Å². The number of hydrogen-bond donors (Lipinski definition) is 1. The van der Waals surface area contributed by atoms with Gasteiger partial charge in [-0.25, -0.2) is 0 Å². The fourth-order valence-corrected chi connectivity index (χ4v) is 5.51. The number of thiazole rings is 1. The minimum atomic E-state index is -0.237. The molecule has 1 heterocycles. The maximum Gasteiger partial charge on any atom is 0.262 e. The number of aryl methyl sites for hydroxylation is 1. The lowest BCUT2D eigenvalue weighted by molar-refractivity contribution is -0.683. The minimum absolute atomic E-state index is 0.124. The predicted octanol–water partition coefficient (Wildman–Crippen LogP) is 9.14. The molecule has 40 heavy (non-hydrogen) atoms. The molecule has 0 spiro atoms. The van der Waals surface area contributed by atoms with Gasteiger partial charge >= 0.3 is 0 Å². The first kappa shape index (κ1) is 32.0. The molecule has 1 amide bonds. The lowest BCUT2D eigenvalue weighted by Crippen LogP contribution is -2.30. The smallest absolute Gasteiger partial charge is 0.262 e. The van der Waals surface area contributed by atoms with Crippen LogP contribution in [-0.2, 0) is 11.3 Å². The molecule has 0 radical (unpaired) electrons. The number of nitrogens with one attached hydrogen (secondary N) is 1. The second-order valence-corrected chi connectivity index (χ2v) is 12.0. The first-order chi connectivity index (χ1) is 19.5. The molecular formula is C33H46ClN2O3S+. The molecule has 0 saturated carbocycles. The summed E-state index contributed by atoms with van der Waals surface area (Å²) in [5, 5.41) is 3.34. The van der Waals surface area contributed by atoms with E-state index >= 15 is 0 Å². The third-order valence-corrected chi connectivity index (χ3v) is 7.97. The molecule has 2 aromatic carbocycles. The first-order valence-electron chi connectivity index (χ1n) is 14.9. The molecule has 0 bridgehead atoms. The number of nitrogens with zero attached hydrogens (tertiary/aromatic N) is 1. The second-order valence-electron chi connectivity index (χ2n) is 10.5. The first-order valence-corrected chi connectivity index (χ1v) is 16.2. The van der Waals surface area contributed by atoms with Crippen LogP contribution in [0.1, 0.15) is 94.4 Å². The molecule has 0 aliphatic heterocycles. The third-order valence-electron chi connectivity index (χ3n) is 6.83. The summed E-state index contributed by atoms with van der Waals surface area (Å²) in [6, 6.07) is 13.2. The molecule has 3 aromatic rings. The van der Waals surface area contributed by atoms with Crippen LogP contribution in [0, 0.1) is 6.92 Å². The number of amides is 1. The second kappa shape index (κ2) is 18.7. The molecule has 218 valence electrons. The summed E-state index contributed by atoms with van der Waals surface area (Å²) in [5.41, 5.74) is 3.95. The molecule has 0 fully saturated rings. The predicted molar refractivity (Wildman–Crippen MR) is 167 cm³/mol. The van der Waals surface area contributed by atoms with Crippen LogP contribution in [0.25, 0.3) is 0 Å². The van der Waals surface area contributed by atoms with Gasteiger partial charge in [-0.2, -0.15) is 4.57 Å². The van der Waals surface area contributed by atoms with Gasteiger partial charge in [0.05, 0.1) is 16.5 Å². The van der Waals surface area contributed by atoms with Crippen molar-refractivity contribution in [3.8, 4) is 11.5 Å². The van der Waals surface area contributed by atoms with E-state index in [1.165, 1.54) is 75.5 Å². The van der Waals surface area contributed by atoms with Crippen molar-refractivity contribution in [1.82, 2.24) is 0 Å². The Morgan fingerprint density at radius 2 is 1.60 bits per heavy atom. The number of carbonyl (C=O) groups excluding carboxylic acids is 1. The number of aromatic nitrogens is 1. The summed E-state index contributed by atoms with van der Waals surface area (Å²) in [6.45, 7) is 5.67. The van der Waals surface area contributed by atoms with E-state index in [1.54, 1.807) is 23.5 Å². The number of anilines is 1. The van der Waals surface area contributed by atoms with E-state index in [-0.39, 0.29) is 12.5 Å². The Hall–Kier alpha value is -2.57. The molecule has 1 N–H and O–H groups in total. The van der Waals surface area contributed by atoms with E-state index in [2.05, 4.69) is 35.4 Å². The summed E-state index contributed by atoms with van der Waals surface area (Å²) in [7, 11) is 0. The van der Waals surface area contributed by atoms with Crippen molar-refractivity contribution < 1.29 is 18.8 Å². The van der Waals surface area contributed by atoms with E-state index in [4.69, 9.17) is 21.1 Å².